The maximum Gasteiger partial charge on any atom is 0.323 e. The van der Waals surface area contributed by atoms with Crippen molar-refractivity contribution in [3.63, 3.8) is 0 Å². The van der Waals surface area contributed by atoms with Gasteiger partial charge >= 0.3 is 11.9 Å². The summed E-state index contributed by atoms with van der Waals surface area (Å²) in [7, 11) is 0. The molecule has 4 aliphatic rings. The minimum Gasteiger partial charge on any atom is -0.480 e. The van der Waals surface area contributed by atoms with Crippen molar-refractivity contribution in [1.29, 1.82) is 0 Å². The Balaban J connectivity index is 1.05. The van der Waals surface area contributed by atoms with Crippen molar-refractivity contribution in [2.45, 2.75) is 84.3 Å². The number of benzene rings is 1. The number of allylic oxidation sites excluding steroid dienone is 3. The van der Waals surface area contributed by atoms with E-state index in [1.165, 1.54) is 34.5 Å². The quantitative estimate of drug-likeness (QED) is 0.251. The molecule has 0 radical (unpaired) electrons. The van der Waals surface area contributed by atoms with E-state index in [1.54, 1.807) is 0 Å². The van der Waals surface area contributed by atoms with Gasteiger partial charge in [0.15, 0.2) is 0 Å². The molecule has 1 aromatic carbocycles. The van der Waals surface area contributed by atoms with Crippen LogP contribution in [0.25, 0.3) is 5.57 Å². The number of carbonyl (C=O) groups excluding carboxylic acids is 2. The molecule has 2 aromatic rings. The smallest absolute Gasteiger partial charge is 0.323 e. The summed E-state index contributed by atoms with van der Waals surface area (Å²) in [6, 6.07) is 13.5. The molecule has 6 atom stereocenters. The van der Waals surface area contributed by atoms with Crippen molar-refractivity contribution in [2.75, 3.05) is 6.54 Å². The first-order valence-corrected chi connectivity index (χ1v) is 16.2. The van der Waals surface area contributed by atoms with Gasteiger partial charge in [0.2, 0.25) is 5.91 Å². The molecular weight excluding hydrogens is 552 g/mol. The third-order valence-electron chi connectivity index (χ3n) is 11.3. The molecule has 0 aliphatic heterocycles. The molecular formula is C37H44N2O5. The Labute approximate surface area is 260 Å². The van der Waals surface area contributed by atoms with Crippen molar-refractivity contribution >= 4 is 23.4 Å². The van der Waals surface area contributed by atoms with Gasteiger partial charge in [-0.3, -0.25) is 19.4 Å². The van der Waals surface area contributed by atoms with E-state index >= 15 is 0 Å². The second-order valence-electron chi connectivity index (χ2n) is 13.8. The fourth-order valence-electron chi connectivity index (χ4n) is 9.08. The van der Waals surface area contributed by atoms with Gasteiger partial charge in [-0.2, -0.15) is 0 Å². The second kappa shape index (κ2) is 12.3. The number of nitrogens with zero attached hydrogens (tertiary/aromatic N) is 2. The van der Waals surface area contributed by atoms with Crippen LogP contribution in [0.2, 0.25) is 0 Å². The van der Waals surface area contributed by atoms with Gasteiger partial charge in [0.1, 0.15) is 12.6 Å². The van der Waals surface area contributed by atoms with Crippen molar-refractivity contribution in [2.24, 2.45) is 28.6 Å². The highest BCUT2D eigenvalue weighted by Gasteiger charge is 2.57. The van der Waals surface area contributed by atoms with Gasteiger partial charge in [-0.25, -0.2) is 0 Å². The molecule has 7 nitrogen and oxygen atoms in total. The van der Waals surface area contributed by atoms with E-state index in [2.05, 4.69) is 37.0 Å². The Morgan fingerprint density at radius 1 is 0.955 bits per heavy atom. The summed E-state index contributed by atoms with van der Waals surface area (Å²) in [6.07, 6.45) is 15.7. The zero-order valence-electron chi connectivity index (χ0n) is 25.9. The van der Waals surface area contributed by atoms with Crippen LogP contribution < -0.4 is 0 Å². The maximum absolute atomic E-state index is 12.9. The van der Waals surface area contributed by atoms with Crippen LogP contribution in [0.4, 0.5) is 0 Å². The summed E-state index contributed by atoms with van der Waals surface area (Å²) in [4.78, 5) is 42.8. The molecule has 44 heavy (non-hydrogen) atoms. The summed E-state index contributed by atoms with van der Waals surface area (Å²) < 4.78 is 5.92. The molecule has 6 rings (SSSR count). The number of carboxylic acids is 1. The van der Waals surface area contributed by atoms with Crippen molar-refractivity contribution < 1.29 is 24.2 Å². The first-order chi connectivity index (χ1) is 21.2. The van der Waals surface area contributed by atoms with Gasteiger partial charge in [-0.05, 0) is 89.9 Å². The summed E-state index contributed by atoms with van der Waals surface area (Å²) in [5.41, 5.74) is 5.36. The average molecular weight is 597 g/mol. The molecule has 1 aromatic heterocycles. The van der Waals surface area contributed by atoms with Gasteiger partial charge < -0.3 is 14.7 Å². The van der Waals surface area contributed by atoms with Gasteiger partial charge in [0, 0.05) is 31.8 Å². The number of ether oxygens (including phenoxy) is 1. The summed E-state index contributed by atoms with van der Waals surface area (Å²) in [5.74, 6) is 0.115. The fraction of sp³-hybridized carbons (Fsp3) is 0.514. The molecule has 0 bridgehead atoms. The van der Waals surface area contributed by atoms with Crippen LogP contribution in [-0.4, -0.2) is 45.5 Å². The van der Waals surface area contributed by atoms with Crippen molar-refractivity contribution in [3.05, 3.63) is 83.7 Å². The molecule has 4 aliphatic carbocycles. The maximum atomic E-state index is 12.9. The predicted octanol–water partition coefficient (Wildman–Crippen LogP) is 6.84. The van der Waals surface area contributed by atoms with E-state index in [0.717, 1.165) is 37.7 Å². The number of hydrogen-bond acceptors (Lipinski definition) is 5. The molecule has 232 valence electrons. The van der Waals surface area contributed by atoms with E-state index in [-0.39, 0.29) is 48.2 Å². The van der Waals surface area contributed by atoms with Crippen molar-refractivity contribution in [3.8, 4) is 0 Å². The summed E-state index contributed by atoms with van der Waals surface area (Å²) in [6.45, 7) is 4.72. The Hall–Kier alpha value is -3.74. The minimum absolute atomic E-state index is 0.0478. The zero-order valence-corrected chi connectivity index (χ0v) is 25.9. The standard InChI is InChI=1S/C37H44N2O5/c1-36-18-16-28(44-35(43)15-14-33(40)39(24-34(41)42)23-25-7-4-3-5-8-25)21-27(36)10-11-29-31-13-12-30(26-9-6-20-38-22-26)37(31,2)19-17-32(29)36/h3-10,12,20,22,28-29,31-32H,11,13-19,21,23-24H2,1-2H3,(H,41,42)/t28-,29-,31?,32-,36-,37+/m0/s1. The van der Waals surface area contributed by atoms with Gasteiger partial charge in [-0.15, -0.1) is 0 Å². The van der Waals surface area contributed by atoms with Crippen LogP contribution in [-0.2, 0) is 25.7 Å². The van der Waals surface area contributed by atoms with Gasteiger partial charge in [0.05, 0.1) is 6.42 Å². The predicted molar refractivity (Wildman–Crippen MR) is 168 cm³/mol. The van der Waals surface area contributed by atoms with Crippen LogP contribution in [0.15, 0.2) is 72.6 Å². The highest BCUT2D eigenvalue weighted by atomic mass is 16.5. The van der Waals surface area contributed by atoms with E-state index in [9.17, 15) is 19.5 Å². The van der Waals surface area contributed by atoms with Gasteiger partial charge in [-0.1, -0.05) is 68.0 Å². The number of aliphatic carboxylic acids is 1. The third-order valence-corrected chi connectivity index (χ3v) is 11.3. The fourth-order valence-corrected chi connectivity index (χ4v) is 9.08. The number of aromatic nitrogens is 1. The largest absolute Gasteiger partial charge is 0.480 e. The number of fused-ring (bicyclic) bond motifs is 5. The zero-order chi connectivity index (χ0) is 30.9. The lowest BCUT2D eigenvalue weighted by atomic mass is 9.47. The molecule has 7 heteroatoms. The highest BCUT2D eigenvalue weighted by Crippen LogP contribution is 2.66. The molecule has 2 saturated carbocycles. The molecule has 1 heterocycles. The van der Waals surface area contributed by atoms with E-state index < -0.39 is 12.5 Å². The van der Waals surface area contributed by atoms with Crippen molar-refractivity contribution in [1.82, 2.24) is 9.88 Å². The molecule has 0 saturated heterocycles. The normalized spacial score (nSPS) is 30.6. The number of amides is 1. The Bertz CT molecular complexity index is 1450. The Morgan fingerprint density at radius 3 is 2.50 bits per heavy atom. The number of carbonyl (C=O) groups is 3. The van der Waals surface area contributed by atoms with Crippen LogP contribution in [0.1, 0.15) is 82.8 Å². The second-order valence-corrected chi connectivity index (χ2v) is 13.8. The molecule has 2 fully saturated rings. The van der Waals surface area contributed by atoms with Crippen LogP contribution >= 0.6 is 0 Å². The van der Waals surface area contributed by atoms with Crippen LogP contribution in [0.5, 0.6) is 0 Å². The van der Waals surface area contributed by atoms with Crippen LogP contribution in [0, 0.1) is 28.6 Å². The number of pyridine rings is 1. The van der Waals surface area contributed by atoms with E-state index in [4.69, 9.17) is 4.74 Å². The number of carboxylic acid groups (broad SMARTS) is 1. The summed E-state index contributed by atoms with van der Waals surface area (Å²) in [5, 5.41) is 9.31. The van der Waals surface area contributed by atoms with E-state index in [1.807, 2.05) is 48.8 Å². The molecule has 0 spiro atoms. The topological polar surface area (TPSA) is 96.8 Å². The lowest BCUT2D eigenvalue weighted by molar-refractivity contribution is -0.153. The monoisotopic (exact) mass is 596 g/mol. The average Bonchev–Trinajstić information content (AvgIpc) is 3.37. The first kappa shape index (κ1) is 30.3. The highest BCUT2D eigenvalue weighted by molar-refractivity contribution is 5.84. The lowest BCUT2D eigenvalue weighted by Crippen LogP contribution is -2.50. The van der Waals surface area contributed by atoms with E-state index in [0.29, 0.717) is 17.8 Å². The number of rotatable bonds is 9. The summed E-state index contributed by atoms with van der Waals surface area (Å²) >= 11 is 0. The first-order valence-electron chi connectivity index (χ1n) is 16.2. The Kier molecular flexibility index (Phi) is 8.49. The molecule has 1 N–H and O–H groups in total. The van der Waals surface area contributed by atoms with Crippen LogP contribution in [0.3, 0.4) is 0 Å². The molecule has 1 amide bonds. The lowest BCUT2D eigenvalue weighted by Gasteiger charge is -2.57. The number of esters is 1. The Morgan fingerprint density at radius 2 is 1.75 bits per heavy atom. The minimum atomic E-state index is -1.08. The number of hydrogen-bond donors (Lipinski definition) is 1. The van der Waals surface area contributed by atoms with Gasteiger partial charge in [0.25, 0.3) is 0 Å². The molecule has 1 unspecified atom stereocenters. The SMILES string of the molecule is C[C@]12CC[C@H](OC(=O)CCC(=O)N(CC(=O)O)Cc3ccccc3)CC1=CC[C@H]1C3CC=C(c4cccnc4)[C@@]3(C)CC[C@@H]12. The third kappa shape index (κ3) is 5.85.